The van der Waals surface area contributed by atoms with E-state index < -0.39 is 11.4 Å². The van der Waals surface area contributed by atoms with Gasteiger partial charge in [0.15, 0.2) is 0 Å². The Hall–Kier alpha value is -2.41. The van der Waals surface area contributed by atoms with Gasteiger partial charge in [0.1, 0.15) is 0 Å². The summed E-state index contributed by atoms with van der Waals surface area (Å²) in [4.78, 5) is 40.8. The normalized spacial score (nSPS) is 27.1. The van der Waals surface area contributed by atoms with Crippen molar-refractivity contribution in [3.05, 3.63) is 29.8 Å². The average Bonchev–Trinajstić information content (AvgIpc) is 3.45. The van der Waals surface area contributed by atoms with Crippen LogP contribution in [0.3, 0.4) is 0 Å². The maximum absolute atomic E-state index is 13.2. The van der Waals surface area contributed by atoms with Crippen molar-refractivity contribution in [3.63, 3.8) is 0 Å². The van der Waals surface area contributed by atoms with Crippen molar-refractivity contribution in [1.29, 1.82) is 0 Å². The first-order valence-corrected chi connectivity index (χ1v) is 9.41. The molecule has 3 aliphatic rings. The molecule has 1 aromatic rings. The van der Waals surface area contributed by atoms with E-state index in [-0.39, 0.29) is 30.2 Å². The number of carbonyl (C=O) groups excluding carboxylic acids is 2. The number of benzene rings is 1. The Morgan fingerprint density at radius 3 is 2.67 bits per heavy atom. The van der Waals surface area contributed by atoms with Crippen LogP contribution < -0.4 is 4.90 Å². The first-order chi connectivity index (χ1) is 12.9. The molecule has 1 aromatic carbocycles. The molecule has 2 amide bonds. The number of carboxylic acid groups (broad SMARTS) is 1. The highest BCUT2D eigenvalue weighted by molar-refractivity contribution is 6.05. The maximum atomic E-state index is 13.2. The molecule has 2 aliphatic heterocycles. The topological polar surface area (TPSA) is 87.2 Å². The molecule has 7 nitrogen and oxygen atoms in total. The van der Waals surface area contributed by atoms with Crippen LogP contribution >= 0.6 is 0 Å². The van der Waals surface area contributed by atoms with Crippen LogP contribution in [-0.4, -0.2) is 61.1 Å². The van der Waals surface area contributed by atoms with Crippen molar-refractivity contribution < 1.29 is 24.2 Å². The van der Waals surface area contributed by atoms with Gasteiger partial charge in [0.2, 0.25) is 5.91 Å². The number of aliphatic carboxylic acids is 1. The van der Waals surface area contributed by atoms with E-state index in [2.05, 4.69) is 0 Å². The van der Waals surface area contributed by atoms with Gasteiger partial charge in [0, 0.05) is 38.6 Å². The van der Waals surface area contributed by atoms with Gasteiger partial charge < -0.3 is 19.6 Å². The summed E-state index contributed by atoms with van der Waals surface area (Å²) in [5.41, 5.74) is 0.0856. The Labute approximate surface area is 157 Å². The summed E-state index contributed by atoms with van der Waals surface area (Å²) < 4.78 is 5.46. The molecule has 1 saturated carbocycles. The summed E-state index contributed by atoms with van der Waals surface area (Å²) in [7, 11) is 1.70. The van der Waals surface area contributed by atoms with Crippen molar-refractivity contribution in [2.45, 2.75) is 19.3 Å². The third kappa shape index (κ3) is 3.00. The Morgan fingerprint density at radius 2 is 2.00 bits per heavy atom. The van der Waals surface area contributed by atoms with E-state index in [0.717, 1.165) is 12.8 Å². The molecule has 0 spiro atoms. The van der Waals surface area contributed by atoms with Crippen molar-refractivity contribution >= 4 is 23.5 Å². The number of amides is 2. The lowest BCUT2D eigenvalue weighted by Crippen LogP contribution is -2.45. The lowest BCUT2D eigenvalue weighted by Gasteiger charge is -2.33. The van der Waals surface area contributed by atoms with E-state index in [1.54, 1.807) is 41.1 Å². The minimum atomic E-state index is -0.932. The van der Waals surface area contributed by atoms with Gasteiger partial charge >= 0.3 is 5.97 Å². The number of para-hydroxylation sites is 1. The minimum absolute atomic E-state index is 0.0285. The van der Waals surface area contributed by atoms with Gasteiger partial charge in [-0.25, -0.2) is 0 Å². The van der Waals surface area contributed by atoms with Crippen LogP contribution in [0.2, 0.25) is 0 Å². The number of hydrogen-bond donors (Lipinski definition) is 1. The highest BCUT2D eigenvalue weighted by atomic mass is 16.5. The SMILES string of the molecule is CN(C(=O)C1CC1)c1ccccc1C(=O)N1C[C@H]2COCC[C@@]2(C(=O)O)C1. The molecular formula is C20H24N2O5. The molecule has 27 heavy (non-hydrogen) atoms. The number of ether oxygens (including phenoxy) is 1. The lowest BCUT2D eigenvalue weighted by molar-refractivity contribution is -0.157. The Kier molecular flexibility index (Phi) is 4.42. The third-order valence-electron chi connectivity index (χ3n) is 6.17. The molecule has 4 rings (SSSR count). The van der Waals surface area contributed by atoms with Gasteiger partial charge in [-0.2, -0.15) is 0 Å². The molecule has 1 aliphatic carbocycles. The van der Waals surface area contributed by atoms with Crippen molar-refractivity contribution in [3.8, 4) is 0 Å². The molecule has 1 N–H and O–H groups in total. The second kappa shape index (κ2) is 6.64. The molecule has 2 saturated heterocycles. The maximum Gasteiger partial charge on any atom is 0.311 e. The second-order valence-corrected chi connectivity index (χ2v) is 7.86. The molecule has 144 valence electrons. The number of fused-ring (bicyclic) bond motifs is 1. The molecule has 0 radical (unpaired) electrons. The van der Waals surface area contributed by atoms with Crippen molar-refractivity contribution in [2.24, 2.45) is 17.3 Å². The van der Waals surface area contributed by atoms with Crippen molar-refractivity contribution in [1.82, 2.24) is 4.90 Å². The molecule has 2 heterocycles. The predicted molar refractivity (Wildman–Crippen MR) is 97.5 cm³/mol. The quantitative estimate of drug-likeness (QED) is 0.868. The zero-order valence-corrected chi connectivity index (χ0v) is 15.4. The summed E-state index contributed by atoms with van der Waals surface area (Å²) in [5.74, 6) is -1.21. The van der Waals surface area contributed by atoms with Crippen LogP contribution in [0, 0.1) is 17.3 Å². The summed E-state index contributed by atoms with van der Waals surface area (Å²) in [6.07, 6.45) is 2.21. The fourth-order valence-electron chi connectivity index (χ4n) is 4.29. The van der Waals surface area contributed by atoms with Crippen LogP contribution in [0.1, 0.15) is 29.6 Å². The summed E-state index contributed by atoms with van der Waals surface area (Å²) in [5, 5.41) is 9.81. The first-order valence-electron chi connectivity index (χ1n) is 9.41. The zero-order chi connectivity index (χ0) is 19.2. The summed E-state index contributed by atoms with van der Waals surface area (Å²) >= 11 is 0. The third-order valence-corrected chi connectivity index (χ3v) is 6.17. The smallest absolute Gasteiger partial charge is 0.311 e. The van der Waals surface area contributed by atoms with Crippen molar-refractivity contribution in [2.75, 3.05) is 38.3 Å². The van der Waals surface area contributed by atoms with Crippen LogP contribution in [0.4, 0.5) is 5.69 Å². The molecule has 7 heteroatoms. The fourth-order valence-corrected chi connectivity index (χ4v) is 4.29. The van der Waals surface area contributed by atoms with Gasteiger partial charge in [-0.3, -0.25) is 14.4 Å². The number of anilines is 1. The number of nitrogens with zero attached hydrogens (tertiary/aromatic N) is 2. The van der Waals surface area contributed by atoms with Gasteiger partial charge in [0.05, 0.1) is 23.3 Å². The molecular weight excluding hydrogens is 348 g/mol. The van der Waals surface area contributed by atoms with E-state index in [9.17, 15) is 19.5 Å². The average molecular weight is 372 g/mol. The number of likely N-dealkylation sites (tertiary alicyclic amines) is 1. The Balaban J connectivity index is 1.60. The molecule has 0 unspecified atom stereocenters. The zero-order valence-electron chi connectivity index (χ0n) is 15.4. The molecule has 2 atom stereocenters. The predicted octanol–water partition coefficient (Wildman–Crippen LogP) is 1.62. The minimum Gasteiger partial charge on any atom is -0.481 e. The Bertz CT molecular complexity index is 790. The van der Waals surface area contributed by atoms with E-state index in [1.807, 2.05) is 0 Å². The molecule has 3 fully saturated rings. The second-order valence-electron chi connectivity index (χ2n) is 7.86. The van der Waals surface area contributed by atoms with Crippen LogP contribution in [-0.2, 0) is 14.3 Å². The number of rotatable bonds is 4. The van der Waals surface area contributed by atoms with E-state index >= 15 is 0 Å². The number of carbonyl (C=O) groups is 3. The standard InChI is InChI=1S/C20H24N2O5/c1-21(17(23)13-6-7-13)16-5-3-2-4-15(16)18(24)22-10-14-11-27-9-8-20(14,12-22)19(25)26/h2-5,13-14H,6-12H2,1H3,(H,25,26)/t14-,20+/m0/s1. The number of carboxylic acids is 1. The lowest BCUT2D eigenvalue weighted by atomic mass is 9.74. The van der Waals surface area contributed by atoms with Gasteiger partial charge in [0.25, 0.3) is 5.91 Å². The van der Waals surface area contributed by atoms with Crippen LogP contribution in [0.15, 0.2) is 24.3 Å². The summed E-state index contributed by atoms with van der Waals surface area (Å²) in [6, 6.07) is 7.05. The van der Waals surface area contributed by atoms with Gasteiger partial charge in [-0.05, 0) is 31.4 Å². The van der Waals surface area contributed by atoms with Gasteiger partial charge in [-0.15, -0.1) is 0 Å². The van der Waals surface area contributed by atoms with E-state index in [0.29, 0.717) is 37.4 Å². The van der Waals surface area contributed by atoms with E-state index in [4.69, 9.17) is 4.74 Å². The summed E-state index contributed by atoms with van der Waals surface area (Å²) in [6.45, 7) is 1.31. The fraction of sp³-hybridized carbons (Fsp3) is 0.550. The van der Waals surface area contributed by atoms with Gasteiger partial charge in [-0.1, -0.05) is 12.1 Å². The Morgan fingerprint density at radius 1 is 1.26 bits per heavy atom. The monoisotopic (exact) mass is 372 g/mol. The molecule has 0 aromatic heterocycles. The first kappa shape index (κ1) is 18.0. The highest BCUT2D eigenvalue weighted by Crippen LogP contribution is 2.43. The van der Waals surface area contributed by atoms with Crippen LogP contribution in [0.25, 0.3) is 0 Å². The van der Waals surface area contributed by atoms with Crippen LogP contribution in [0.5, 0.6) is 0 Å². The highest BCUT2D eigenvalue weighted by Gasteiger charge is 2.55. The number of hydrogen-bond acceptors (Lipinski definition) is 4. The largest absolute Gasteiger partial charge is 0.481 e. The van der Waals surface area contributed by atoms with E-state index in [1.165, 1.54) is 0 Å². The molecule has 0 bridgehead atoms.